The monoisotopic (exact) mass is 291 g/mol. The second-order valence-electron chi connectivity index (χ2n) is 5.03. The number of halogens is 1. The van der Waals surface area contributed by atoms with Gasteiger partial charge in [0, 0.05) is 17.4 Å². The van der Waals surface area contributed by atoms with Gasteiger partial charge in [0.25, 0.3) is 0 Å². The van der Waals surface area contributed by atoms with Crippen LogP contribution in [0.4, 0.5) is 0 Å². The molecule has 0 aliphatic heterocycles. The van der Waals surface area contributed by atoms with Crippen LogP contribution < -0.4 is 5.32 Å². The van der Waals surface area contributed by atoms with Crippen molar-refractivity contribution in [1.29, 1.82) is 0 Å². The van der Waals surface area contributed by atoms with Crippen LogP contribution in [0.3, 0.4) is 0 Å². The standard InChI is InChI=1S/C15H18ClN3O/c1-10(2)14(11-3-5-12(16)6-4-11)15(20)19-9-13-17-7-8-18-13/h3-8,10,14H,9H2,1-2H3,(H,17,18)(H,19,20). The lowest BCUT2D eigenvalue weighted by Gasteiger charge is -2.20. The second kappa shape index (κ2) is 6.57. The van der Waals surface area contributed by atoms with E-state index in [1.54, 1.807) is 12.4 Å². The van der Waals surface area contributed by atoms with E-state index < -0.39 is 0 Å². The van der Waals surface area contributed by atoms with Crippen molar-refractivity contribution in [3.05, 3.63) is 53.1 Å². The van der Waals surface area contributed by atoms with Crippen LogP contribution in [0.2, 0.25) is 5.02 Å². The summed E-state index contributed by atoms with van der Waals surface area (Å²) in [5.74, 6) is 0.755. The summed E-state index contributed by atoms with van der Waals surface area (Å²) in [5.41, 5.74) is 0.973. The molecule has 106 valence electrons. The molecule has 0 radical (unpaired) electrons. The number of rotatable bonds is 5. The van der Waals surface area contributed by atoms with Crippen LogP contribution in [0.15, 0.2) is 36.7 Å². The van der Waals surface area contributed by atoms with Crippen molar-refractivity contribution in [3.63, 3.8) is 0 Å². The molecule has 0 spiro atoms. The van der Waals surface area contributed by atoms with Crippen LogP contribution in [-0.4, -0.2) is 15.9 Å². The lowest BCUT2D eigenvalue weighted by atomic mass is 9.87. The number of carbonyl (C=O) groups is 1. The number of aromatic nitrogens is 2. The number of imidazole rings is 1. The predicted molar refractivity (Wildman–Crippen MR) is 79.5 cm³/mol. The quantitative estimate of drug-likeness (QED) is 0.889. The molecule has 1 heterocycles. The van der Waals surface area contributed by atoms with Crippen LogP contribution in [0.25, 0.3) is 0 Å². The normalized spacial score (nSPS) is 12.4. The van der Waals surface area contributed by atoms with E-state index in [1.807, 2.05) is 38.1 Å². The number of hydrogen-bond donors (Lipinski definition) is 2. The van der Waals surface area contributed by atoms with Gasteiger partial charge in [0.05, 0.1) is 12.5 Å². The summed E-state index contributed by atoms with van der Waals surface area (Å²) in [6.07, 6.45) is 3.40. The van der Waals surface area contributed by atoms with Gasteiger partial charge in [-0.1, -0.05) is 37.6 Å². The van der Waals surface area contributed by atoms with Gasteiger partial charge in [-0.3, -0.25) is 4.79 Å². The Morgan fingerprint density at radius 2 is 2.05 bits per heavy atom. The van der Waals surface area contributed by atoms with Crippen LogP contribution >= 0.6 is 11.6 Å². The van der Waals surface area contributed by atoms with Gasteiger partial charge in [0.2, 0.25) is 5.91 Å². The van der Waals surface area contributed by atoms with Gasteiger partial charge in [-0.25, -0.2) is 4.98 Å². The predicted octanol–water partition coefficient (Wildman–Crippen LogP) is 3.12. The average Bonchev–Trinajstić information content (AvgIpc) is 2.92. The fourth-order valence-electron chi connectivity index (χ4n) is 2.18. The van der Waals surface area contributed by atoms with E-state index in [0.29, 0.717) is 11.6 Å². The topological polar surface area (TPSA) is 57.8 Å². The third-order valence-electron chi connectivity index (χ3n) is 3.16. The third kappa shape index (κ3) is 3.61. The molecule has 1 atom stereocenters. The Labute approximate surface area is 123 Å². The average molecular weight is 292 g/mol. The van der Waals surface area contributed by atoms with Crippen molar-refractivity contribution in [1.82, 2.24) is 15.3 Å². The molecule has 2 N–H and O–H groups in total. The van der Waals surface area contributed by atoms with E-state index in [1.165, 1.54) is 0 Å². The molecule has 1 aromatic heterocycles. The molecule has 1 aromatic carbocycles. The second-order valence-corrected chi connectivity index (χ2v) is 5.46. The summed E-state index contributed by atoms with van der Waals surface area (Å²) in [6, 6.07) is 7.43. The summed E-state index contributed by atoms with van der Waals surface area (Å²) < 4.78 is 0. The van der Waals surface area contributed by atoms with Crippen LogP contribution in [0.5, 0.6) is 0 Å². The largest absolute Gasteiger partial charge is 0.348 e. The molecule has 0 saturated carbocycles. The van der Waals surface area contributed by atoms with Gasteiger partial charge >= 0.3 is 0 Å². The zero-order valence-corrected chi connectivity index (χ0v) is 12.3. The fraction of sp³-hybridized carbons (Fsp3) is 0.333. The maximum atomic E-state index is 12.4. The lowest BCUT2D eigenvalue weighted by molar-refractivity contribution is -0.123. The number of nitrogens with one attached hydrogen (secondary N) is 2. The van der Waals surface area contributed by atoms with Gasteiger partial charge in [0.15, 0.2) is 0 Å². The summed E-state index contributed by atoms with van der Waals surface area (Å²) >= 11 is 5.89. The molecule has 0 aliphatic carbocycles. The molecule has 1 amide bonds. The fourth-order valence-corrected chi connectivity index (χ4v) is 2.31. The summed E-state index contributed by atoms with van der Waals surface area (Å²) in [7, 11) is 0. The Balaban J connectivity index is 2.08. The van der Waals surface area contributed by atoms with Gasteiger partial charge in [-0.2, -0.15) is 0 Å². The molecule has 0 aliphatic rings. The number of carbonyl (C=O) groups excluding carboxylic acids is 1. The highest BCUT2D eigenvalue weighted by molar-refractivity contribution is 6.30. The zero-order chi connectivity index (χ0) is 14.5. The first-order valence-corrected chi connectivity index (χ1v) is 6.97. The molecule has 0 saturated heterocycles. The van der Waals surface area contributed by atoms with Crippen molar-refractivity contribution in [3.8, 4) is 0 Å². The lowest BCUT2D eigenvalue weighted by Crippen LogP contribution is -2.32. The Bertz CT molecular complexity index is 549. The highest BCUT2D eigenvalue weighted by Crippen LogP contribution is 2.26. The zero-order valence-electron chi connectivity index (χ0n) is 11.6. The number of hydrogen-bond acceptors (Lipinski definition) is 2. The van der Waals surface area contributed by atoms with Crippen molar-refractivity contribution in [2.24, 2.45) is 5.92 Å². The first-order chi connectivity index (χ1) is 9.58. The van der Waals surface area contributed by atoms with Crippen LogP contribution in [0, 0.1) is 5.92 Å². The van der Waals surface area contributed by atoms with Gasteiger partial charge in [0.1, 0.15) is 5.82 Å². The third-order valence-corrected chi connectivity index (χ3v) is 3.42. The number of H-pyrrole nitrogens is 1. The molecule has 0 fully saturated rings. The van der Waals surface area contributed by atoms with E-state index in [-0.39, 0.29) is 17.7 Å². The van der Waals surface area contributed by atoms with Crippen molar-refractivity contribution in [2.75, 3.05) is 0 Å². The Morgan fingerprint density at radius 3 is 2.60 bits per heavy atom. The van der Waals surface area contributed by atoms with E-state index in [4.69, 9.17) is 11.6 Å². The molecule has 4 nitrogen and oxygen atoms in total. The van der Waals surface area contributed by atoms with Crippen LogP contribution in [0.1, 0.15) is 31.2 Å². The van der Waals surface area contributed by atoms with Gasteiger partial charge in [-0.15, -0.1) is 0 Å². The summed E-state index contributed by atoms with van der Waals surface area (Å²) in [4.78, 5) is 19.4. The SMILES string of the molecule is CC(C)C(C(=O)NCc1ncc[nH]1)c1ccc(Cl)cc1. The van der Waals surface area contributed by atoms with Crippen molar-refractivity contribution >= 4 is 17.5 Å². The van der Waals surface area contributed by atoms with Crippen molar-refractivity contribution < 1.29 is 4.79 Å². The number of amides is 1. The summed E-state index contributed by atoms with van der Waals surface area (Å²) in [6.45, 7) is 4.47. The molecule has 5 heteroatoms. The number of benzene rings is 1. The highest BCUT2D eigenvalue weighted by Gasteiger charge is 2.23. The molecule has 0 bridgehead atoms. The molecule has 2 aromatic rings. The Kier molecular flexibility index (Phi) is 4.79. The maximum Gasteiger partial charge on any atom is 0.228 e. The number of aromatic amines is 1. The minimum atomic E-state index is -0.192. The minimum Gasteiger partial charge on any atom is -0.348 e. The summed E-state index contributed by atoms with van der Waals surface area (Å²) in [5, 5.41) is 3.59. The van der Waals surface area contributed by atoms with Crippen molar-refractivity contribution in [2.45, 2.75) is 26.3 Å². The van der Waals surface area contributed by atoms with E-state index in [0.717, 1.165) is 11.4 Å². The van der Waals surface area contributed by atoms with Gasteiger partial charge in [-0.05, 0) is 23.6 Å². The Morgan fingerprint density at radius 1 is 1.35 bits per heavy atom. The van der Waals surface area contributed by atoms with Crippen LogP contribution in [-0.2, 0) is 11.3 Å². The Hall–Kier alpha value is -1.81. The molecule has 20 heavy (non-hydrogen) atoms. The smallest absolute Gasteiger partial charge is 0.228 e. The first-order valence-electron chi connectivity index (χ1n) is 6.59. The van der Waals surface area contributed by atoms with E-state index in [2.05, 4.69) is 15.3 Å². The van der Waals surface area contributed by atoms with E-state index in [9.17, 15) is 4.79 Å². The maximum absolute atomic E-state index is 12.4. The van der Waals surface area contributed by atoms with E-state index >= 15 is 0 Å². The number of nitrogens with zero attached hydrogens (tertiary/aromatic N) is 1. The molecular formula is C15H18ClN3O. The molecule has 2 rings (SSSR count). The minimum absolute atomic E-state index is 0.00118. The van der Waals surface area contributed by atoms with Gasteiger partial charge < -0.3 is 10.3 Å². The first kappa shape index (κ1) is 14.6. The molecular weight excluding hydrogens is 274 g/mol. The molecule has 1 unspecified atom stereocenters. The highest BCUT2D eigenvalue weighted by atomic mass is 35.5.